The van der Waals surface area contributed by atoms with Crippen LogP contribution >= 0.6 is 11.6 Å². The summed E-state index contributed by atoms with van der Waals surface area (Å²) in [6.45, 7) is 3.74. The van der Waals surface area contributed by atoms with E-state index < -0.39 is 10.8 Å². The van der Waals surface area contributed by atoms with Crippen molar-refractivity contribution in [1.29, 1.82) is 0 Å². The van der Waals surface area contributed by atoms with E-state index in [1.165, 1.54) is 6.07 Å². The van der Waals surface area contributed by atoms with Crippen molar-refractivity contribution < 1.29 is 8.60 Å². The van der Waals surface area contributed by atoms with Gasteiger partial charge in [-0.1, -0.05) is 6.07 Å². The number of nitrogens with zero attached hydrogens (tertiary/aromatic N) is 2. The summed E-state index contributed by atoms with van der Waals surface area (Å²) in [5, 5.41) is -0.334. The van der Waals surface area contributed by atoms with Crippen molar-refractivity contribution in [3.63, 3.8) is 0 Å². The van der Waals surface area contributed by atoms with Crippen molar-refractivity contribution in [1.82, 2.24) is 9.55 Å². The Morgan fingerprint density at radius 1 is 1.47 bits per heavy atom. The minimum atomic E-state index is -0.935. The van der Waals surface area contributed by atoms with Gasteiger partial charge in [0.15, 0.2) is 5.82 Å². The molecule has 3 atom stereocenters. The van der Waals surface area contributed by atoms with E-state index in [4.69, 9.17) is 11.6 Å². The molecule has 0 aliphatic heterocycles. The van der Waals surface area contributed by atoms with Gasteiger partial charge in [0.1, 0.15) is 11.3 Å². The molecule has 0 radical (unpaired) electrons. The van der Waals surface area contributed by atoms with Gasteiger partial charge >= 0.3 is 0 Å². The van der Waals surface area contributed by atoms with Crippen molar-refractivity contribution in [3.05, 3.63) is 29.8 Å². The van der Waals surface area contributed by atoms with Crippen molar-refractivity contribution in [2.75, 3.05) is 12.0 Å². The normalized spacial score (nSPS) is 16.5. The Bertz CT molecular complexity index is 626. The summed E-state index contributed by atoms with van der Waals surface area (Å²) >= 11 is 6.13. The molecule has 3 nitrogen and oxygen atoms in total. The number of imidazole rings is 1. The van der Waals surface area contributed by atoms with Crippen LogP contribution in [0.2, 0.25) is 0 Å². The molecular weight excluding hydrogens is 287 g/mol. The lowest BCUT2D eigenvalue weighted by atomic mass is 10.2. The van der Waals surface area contributed by atoms with Crippen LogP contribution in [0.5, 0.6) is 0 Å². The zero-order valence-corrected chi connectivity index (χ0v) is 12.6. The van der Waals surface area contributed by atoms with Gasteiger partial charge in [0.25, 0.3) is 0 Å². The molecule has 1 aromatic heterocycles. The lowest BCUT2D eigenvalue weighted by molar-refractivity contribution is 0.583. The fourth-order valence-corrected chi connectivity index (χ4v) is 3.24. The van der Waals surface area contributed by atoms with Crippen LogP contribution in [0.3, 0.4) is 0 Å². The molecule has 6 heteroatoms. The molecule has 2 aromatic rings. The summed E-state index contributed by atoms with van der Waals surface area (Å²) in [4.78, 5) is 4.30. The Morgan fingerprint density at radius 2 is 2.16 bits per heavy atom. The quantitative estimate of drug-likeness (QED) is 0.811. The molecule has 2 rings (SSSR count). The molecule has 1 aromatic carbocycles. The summed E-state index contributed by atoms with van der Waals surface area (Å²) < 4.78 is 27.1. The molecule has 0 aliphatic rings. The van der Waals surface area contributed by atoms with Gasteiger partial charge in [0.05, 0.1) is 10.9 Å². The highest BCUT2D eigenvalue weighted by atomic mass is 35.5. The minimum Gasteiger partial charge on any atom is -0.323 e. The number of hydrogen-bond acceptors (Lipinski definition) is 2. The largest absolute Gasteiger partial charge is 0.323 e. The maximum atomic E-state index is 13.8. The van der Waals surface area contributed by atoms with Gasteiger partial charge in [-0.3, -0.25) is 4.21 Å². The summed E-state index contributed by atoms with van der Waals surface area (Å²) in [6, 6.07) is 4.79. The molecule has 0 saturated heterocycles. The molecule has 19 heavy (non-hydrogen) atoms. The van der Waals surface area contributed by atoms with E-state index >= 15 is 0 Å². The van der Waals surface area contributed by atoms with Crippen LogP contribution in [0.25, 0.3) is 11.0 Å². The second kappa shape index (κ2) is 5.59. The predicted molar refractivity (Wildman–Crippen MR) is 77.6 cm³/mol. The maximum absolute atomic E-state index is 13.8. The maximum Gasteiger partial charge on any atom is 0.151 e. The first-order valence-electron chi connectivity index (χ1n) is 6.02. The SMILES string of the molecule is CC(Cl)c1nc2c(F)cccc2n1C(C)CS(C)=O. The molecule has 3 unspecified atom stereocenters. The molecule has 0 amide bonds. The van der Waals surface area contributed by atoms with Crippen LogP contribution in [0.15, 0.2) is 18.2 Å². The Labute approximate surface area is 119 Å². The molecule has 0 aliphatic carbocycles. The monoisotopic (exact) mass is 302 g/mol. The lowest BCUT2D eigenvalue weighted by Crippen LogP contribution is -2.15. The van der Waals surface area contributed by atoms with Gasteiger partial charge in [-0.05, 0) is 26.0 Å². The summed E-state index contributed by atoms with van der Waals surface area (Å²) in [5.41, 5.74) is 1.01. The number of rotatable bonds is 4. The minimum absolute atomic E-state index is 0.0474. The van der Waals surface area contributed by atoms with E-state index in [9.17, 15) is 8.60 Å². The van der Waals surface area contributed by atoms with Gasteiger partial charge in [-0.15, -0.1) is 11.6 Å². The van der Waals surface area contributed by atoms with Crippen molar-refractivity contribution in [2.45, 2.75) is 25.3 Å². The van der Waals surface area contributed by atoms with Crippen LogP contribution in [0.4, 0.5) is 4.39 Å². The third-order valence-electron chi connectivity index (χ3n) is 2.97. The smallest absolute Gasteiger partial charge is 0.151 e. The topological polar surface area (TPSA) is 34.9 Å². The number of para-hydroxylation sites is 1. The summed E-state index contributed by atoms with van der Waals surface area (Å²) in [5.74, 6) is 0.734. The van der Waals surface area contributed by atoms with Gasteiger partial charge < -0.3 is 4.57 Å². The van der Waals surface area contributed by atoms with Crippen LogP contribution in [-0.4, -0.2) is 25.8 Å². The molecule has 1 heterocycles. The Morgan fingerprint density at radius 3 is 2.74 bits per heavy atom. The summed E-state index contributed by atoms with van der Waals surface area (Å²) in [6.07, 6.45) is 1.65. The molecule has 0 spiro atoms. The number of hydrogen-bond donors (Lipinski definition) is 0. The number of fused-ring (bicyclic) bond motifs is 1. The summed E-state index contributed by atoms with van der Waals surface area (Å²) in [7, 11) is -0.935. The van der Waals surface area contributed by atoms with Crippen LogP contribution in [-0.2, 0) is 10.8 Å². The molecule has 0 bridgehead atoms. The van der Waals surface area contributed by atoms with E-state index in [-0.39, 0.29) is 17.2 Å². The Hall–Kier alpha value is -0.940. The fraction of sp³-hybridized carbons (Fsp3) is 0.462. The Kier molecular flexibility index (Phi) is 4.26. The Balaban J connectivity index is 2.65. The van der Waals surface area contributed by atoms with Crippen LogP contribution < -0.4 is 0 Å². The first-order valence-corrected chi connectivity index (χ1v) is 8.18. The predicted octanol–water partition coefficient (Wildman–Crippen LogP) is 3.41. The van der Waals surface area contributed by atoms with E-state index in [1.807, 2.05) is 17.6 Å². The molecular formula is C13H16ClFN2OS. The molecule has 0 fully saturated rings. The van der Waals surface area contributed by atoms with E-state index in [2.05, 4.69) is 4.98 Å². The average Bonchev–Trinajstić information content (AvgIpc) is 2.69. The molecule has 0 saturated carbocycles. The van der Waals surface area contributed by atoms with Crippen molar-refractivity contribution in [3.8, 4) is 0 Å². The standard InChI is InChI=1S/C13H16ClFN2OS/c1-8(7-19(3)18)17-11-6-4-5-10(15)12(11)16-13(17)9(2)14/h4-6,8-9H,7H2,1-3H3. The first kappa shape index (κ1) is 14.5. The second-order valence-electron chi connectivity index (χ2n) is 4.65. The number of alkyl halides is 1. The van der Waals surface area contributed by atoms with Gasteiger partial charge in [0, 0.05) is 28.9 Å². The average molecular weight is 303 g/mol. The zero-order valence-electron chi connectivity index (χ0n) is 11.1. The molecule has 104 valence electrons. The third kappa shape index (κ3) is 2.82. The lowest BCUT2D eigenvalue weighted by Gasteiger charge is -2.17. The van der Waals surface area contributed by atoms with Gasteiger partial charge in [0.2, 0.25) is 0 Å². The third-order valence-corrected chi connectivity index (χ3v) is 4.12. The van der Waals surface area contributed by atoms with Crippen LogP contribution in [0.1, 0.15) is 31.1 Å². The number of aromatic nitrogens is 2. The highest BCUT2D eigenvalue weighted by Crippen LogP contribution is 2.29. The van der Waals surface area contributed by atoms with E-state index in [0.717, 1.165) is 0 Å². The number of halogens is 2. The van der Waals surface area contributed by atoms with Gasteiger partial charge in [-0.25, -0.2) is 9.37 Å². The van der Waals surface area contributed by atoms with E-state index in [0.29, 0.717) is 22.6 Å². The zero-order chi connectivity index (χ0) is 14.2. The first-order chi connectivity index (χ1) is 8.91. The van der Waals surface area contributed by atoms with Crippen molar-refractivity contribution >= 4 is 33.4 Å². The highest BCUT2D eigenvalue weighted by molar-refractivity contribution is 7.84. The van der Waals surface area contributed by atoms with Gasteiger partial charge in [-0.2, -0.15) is 0 Å². The van der Waals surface area contributed by atoms with Crippen LogP contribution in [0, 0.1) is 5.82 Å². The van der Waals surface area contributed by atoms with E-state index in [1.54, 1.807) is 19.2 Å². The fourth-order valence-electron chi connectivity index (χ4n) is 2.26. The number of benzene rings is 1. The molecule has 0 N–H and O–H groups in total. The highest BCUT2D eigenvalue weighted by Gasteiger charge is 2.21. The van der Waals surface area contributed by atoms with Crippen molar-refractivity contribution in [2.24, 2.45) is 0 Å². The second-order valence-corrected chi connectivity index (χ2v) is 6.79.